The molecular weight excluding hydrogens is 481 g/mol. The van der Waals surface area contributed by atoms with Gasteiger partial charge in [0.2, 0.25) is 15.9 Å². The summed E-state index contributed by atoms with van der Waals surface area (Å²) in [6.07, 6.45) is 2.52. The Kier molecular flexibility index (Phi) is 5.39. The summed E-state index contributed by atoms with van der Waals surface area (Å²) in [5.41, 5.74) is 0.297. The SMILES string of the molecule is CNS(=O)(=O)c1cc(-c2nccnc2Oc2ccc(S(F)(F)(F)(F)F)cc2)ccc1OC. The zero-order valence-electron chi connectivity index (χ0n) is 16.4. The molecular formula is C18H16F5N3O4S2. The van der Waals surface area contributed by atoms with Crippen molar-refractivity contribution in [3.05, 3.63) is 54.9 Å². The number of sulfonamides is 1. The molecule has 0 fully saturated rings. The Morgan fingerprint density at radius 2 is 1.56 bits per heavy atom. The van der Waals surface area contributed by atoms with Gasteiger partial charge in [0.15, 0.2) is 0 Å². The lowest BCUT2D eigenvalue weighted by atomic mass is 10.1. The topological polar surface area (TPSA) is 90.4 Å². The van der Waals surface area contributed by atoms with Crippen molar-refractivity contribution in [2.24, 2.45) is 0 Å². The van der Waals surface area contributed by atoms with Gasteiger partial charge in [-0.25, -0.2) is 23.1 Å². The van der Waals surface area contributed by atoms with E-state index >= 15 is 0 Å². The molecule has 0 bridgehead atoms. The van der Waals surface area contributed by atoms with Crippen LogP contribution in [0.5, 0.6) is 17.4 Å². The molecule has 1 N–H and O–H groups in total. The van der Waals surface area contributed by atoms with Crippen molar-refractivity contribution in [1.29, 1.82) is 0 Å². The third-order valence-corrected chi connectivity index (χ3v) is 6.74. The van der Waals surface area contributed by atoms with Gasteiger partial charge in [-0.15, -0.1) is 0 Å². The fourth-order valence-electron chi connectivity index (χ4n) is 2.62. The van der Waals surface area contributed by atoms with Crippen LogP contribution in [0.1, 0.15) is 0 Å². The van der Waals surface area contributed by atoms with E-state index in [0.717, 1.165) is 12.1 Å². The molecule has 0 atom stereocenters. The van der Waals surface area contributed by atoms with Gasteiger partial charge in [-0.05, 0) is 49.5 Å². The molecule has 3 aromatic rings. The zero-order valence-corrected chi connectivity index (χ0v) is 18.1. The summed E-state index contributed by atoms with van der Waals surface area (Å²) >= 11 is 0. The number of nitrogens with zero attached hydrogens (tertiary/aromatic N) is 2. The second-order valence-electron chi connectivity index (χ2n) is 6.33. The summed E-state index contributed by atoms with van der Waals surface area (Å²) in [7, 11) is -11.2. The molecule has 0 aliphatic carbocycles. The van der Waals surface area contributed by atoms with Gasteiger partial charge in [0.1, 0.15) is 27.0 Å². The van der Waals surface area contributed by atoms with Gasteiger partial charge in [-0.3, -0.25) is 0 Å². The minimum atomic E-state index is -9.82. The first kappa shape index (κ1) is 23.7. The molecule has 14 heteroatoms. The van der Waals surface area contributed by atoms with Crippen LogP contribution in [0.15, 0.2) is 64.6 Å². The maximum atomic E-state index is 12.9. The quantitative estimate of drug-likeness (QED) is 0.433. The maximum absolute atomic E-state index is 12.9. The fraction of sp³-hybridized carbons (Fsp3) is 0.111. The van der Waals surface area contributed by atoms with E-state index in [1.807, 2.05) is 0 Å². The Balaban J connectivity index is 2.02. The standard InChI is InChI=1S/C18H16F5N3O4S2/c1-24-31(27,28)16-11-12(3-8-15(16)29-2)17-18(26-10-9-25-17)30-13-4-6-14(7-5-13)32(19,20,21,22)23/h3-11,24H,1-2H3. The Labute approximate surface area is 180 Å². The van der Waals surface area contributed by atoms with Crippen LogP contribution in [-0.4, -0.2) is 32.5 Å². The van der Waals surface area contributed by atoms with Gasteiger partial charge in [-0.2, -0.15) is 0 Å². The van der Waals surface area contributed by atoms with Crippen molar-refractivity contribution in [3.8, 4) is 28.6 Å². The van der Waals surface area contributed by atoms with Gasteiger partial charge in [0.05, 0.1) is 7.11 Å². The number of hydrogen-bond acceptors (Lipinski definition) is 6. The molecule has 1 heterocycles. The molecule has 0 aliphatic rings. The molecule has 0 amide bonds. The number of aromatic nitrogens is 2. The Hall–Kier alpha value is -2.97. The van der Waals surface area contributed by atoms with Crippen molar-refractivity contribution >= 4 is 20.2 Å². The van der Waals surface area contributed by atoms with Gasteiger partial charge in [-0.1, -0.05) is 19.4 Å². The van der Waals surface area contributed by atoms with Crippen LogP contribution < -0.4 is 14.2 Å². The average molecular weight is 497 g/mol. The lowest BCUT2D eigenvalue weighted by molar-refractivity contribution is 0.363. The van der Waals surface area contributed by atoms with E-state index < -0.39 is 25.1 Å². The highest BCUT2D eigenvalue weighted by Crippen LogP contribution is 3.02. The molecule has 32 heavy (non-hydrogen) atoms. The van der Waals surface area contributed by atoms with Crippen molar-refractivity contribution in [1.82, 2.24) is 14.7 Å². The van der Waals surface area contributed by atoms with Gasteiger partial charge < -0.3 is 9.47 Å². The zero-order chi connectivity index (χ0) is 23.8. The molecule has 0 saturated heterocycles. The molecule has 174 valence electrons. The first-order chi connectivity index (χ1) is 14.6. The number of halogens is 5. The molecule has 0 spiro atoms. The van der Waals surface area contributed by atoms with Crippen LogP contribution in [0, 0.1) is 0 Å². The summed E-state index contributed by atoms with van der Waals surface area (Å²) in [6.45, 7) is 0. The van der Waals surface area contributed by atoms with Crippen LogP contribution in [0.25, 0.3) is 11.3 Å². The Bertz CT molecular complexity index is 1270. The van der Waals surface area contributed by atoms with Crippen LogP contribution >= 0.6 is 10.2 Å². The summed E-state index contributed by atoms with van der Waals surface area (Å²) in [4.78, 5) is 5.79. The Morgan fingerprint density at radius 3 is 2.12 bits per heavy atom. The number of rotatable bonds is 7. The monoisotopic (exact) mass is 497 g/mol. The second-order valence-corrected chi connectivity index (χ2v) is 10.6. The van der Waals surface area contributed by atoms with E-state index in [4.69, 9.17) is 9.47 Å². The Morgan fingerprint density at radius 1 is 0.938 bits per heavy atom. The molecule has 2 aromatic carbocycles. The first-order valence-electron chi connectivity index (χ1n) is 8.59. The van der Waals surface area contributed by atoms with E-state index in [9.17, 15) is 27.8 Å². The van der Waals surface area contributed by atoms with Crippen molar-refractivity contribution in [3.63, 3.8) is 0 Å². The maximum Gasteiger partial charge on any atom is 0.310 e. The van der Waals surface area contributed by atoms with E-state index in [2.05, 4.69) is 14.7 Å². The van der Waals surface area contributed by atoms with E-state index in [1.54, 1.807) is 0 Å². The van der Waals surface area contributed by atoms with Crippen molar-refractivity contribution in [2.45, 2.75) is 9.79 Å². The lowest BCUT2D eigenvalue weighted by Gasteiger charge is -2.40. The van der Waals surface area contributed by atoms with Crippen molar-refractivity contribution < 1.29 is 37.3 Å². The number of nitrogens with one attached hydrogen (secondary N) is 1. The van der Waals surface area contributed by atoms with Crippen LogP contribution in [-0.2, 0) is 10.0 Å². The highest BCUT2D eigenvalue weighted by molar-refractivity contribution is 8.45. The van der Waals surface area contributed by atoms with Crippen LogP contribution in [0.4, 0.5) is 19.4 Å². The molecule has 1 aromatic heterocycles. The highest BCUT2D eigenvalue weighted by Gasteiger charge is 2.65. The van der Waals surface area contributed by atoms with Crippen molar-refractivity contribution in [2.75, 3.05) is 14.2 Å². The lowest BCUT2D eigenvalue weighted by Crippen LogP contribution is -2.19. The van der Waals surface area contributed by atoms with Gasteiger partial charge in [0.25, 0.3) is 0 Å². The first-order valence-corrected chi connectivity index (χ1v) is 12.0. The highest BCUT2D eigenvalue weighted by atomic mass is 32.5. The normalized spacial score (nSPS) is 14.3. The van der Waals surface area contributed by atoms with Gasteiger partial charge >= 0.3 is 10.2 Å². The summed E-state index contributed by atoms with van der Waals surface area (Å²) < 4.78 is 102. The summed E-state index contributed by atoms with van der Waals surface area (Å²) in [5, 5.41) is 0. The number of hydrogen-bond donors (Lipinski definition) is 1. The third-order valence-electron chi connectivity index (χ3n) is 4.14. The largest absolute Gasteiger partial charge is 0.495 e. The minimum absolute atomic E-state index is 0.0551. The third kappa shape index (κ3) is 5.08. The number of methoxy groups -OCH3 is 1. The van der Waals surface area contributed by atoms with Crippen LogP contribution in [0.2, 0.25) is 0 Å². The predicted octanol–water partition coefficient (Wildman–Crippen LogP) is 5.51. The molecule has 0 saturated carbocycles. The average Bonchev–Trinajstić information content (AvgIpc) is 2.72. The predicted molar refractivity (Wildman–Crippen MR) is 108 cm³/mol. The second kappa shape index (κ2) is 7.28. The van der Waals surface area contributed by atoms with Gasteiger partial charge in [0, 0.05) is 18.0 Å². The molecule has 0 aliphatic heterocycles. The molecule has 0 unspecified atom stereocenters. The summed E-state index contributed by atoms with van der Waals surface area (Å²) in [6, 6.07) is 5.95. The van der Waals surface area contributed by atoms with E-state index in [0.29, 0.717) is 0 Å². The number of ether oxygens (including phenoxy) is 2. The molecule has 0 radical (unpaired) electrons. The summed E-state index contributed by atoms with van der Waals surface area (Å²) in [5.74, 6) is -0.347. The minimum Gasteiger partial charge on any atom is -0.495 e. The fourth-order valence-corrected chi connectivity index (χ4v) is 4.19. The smallest absolute Gasteiger partial charge is 0.310 e. The van der Waals surface area contributed by atoms with Crippen LogP contribution in [0.3, 0.4) is 0 Å². The molecule has 7 nitrogen and oxygen atoms in total. The molecule has 3 rings (SSSR count). The van der Waals surface area contributed by atoms with E-state index in [-0.39, 0.29) is 45.7 Å². The number of benzene rings is 2. The van der Waals surface area contributed by atoms with E-state index in [1.165, 1.54) is 44.8 Å².